The Kier molecular flexibility index (Phi) is 5.38. The maximum absolute atomic E-state index is 12.2. The molecule has 1 aliphatic rings. The number of rotatable bonds is 6. The lowest BCUT2D eigenvalue weighted by Gasteiger charge is -2.22. The third-order valence-electron chi connectivity index (χ3n) is 3.82. The summed E-state index contributed by atoms with van der Waals surface area (Å²) >= 11 is 0. The highest BCUT2D eigenvalue weighted by molar-refractivity contribution is 5.96. The van der Waals surface area contributed by atoms with E-state index in [4.69, 9.17) is 0 Å². The lowest BCUT2D eigenvalue weighted by molar-refractivity contribution is -0.128. The Bertz CT molecular complexity index is 527. The molecule has 0 aromatic heterocycles. The number of benzene rings is 1. The van der Waals surface area contributed by atoms with Crippen molar-refractivity contribution in [1.82, 2.24) is 15.1 Å². The van der Waals surface area contributed by atoms with Gasteiger partial charge in [0.15, 0.2) is 0 Å². The second-order valence-corrected chi connectivity index (χ2v) is 5.64. The van der Waals surface area contributed by atoms with Gasteiger partial charge in [-0.05, 0) is 24.2 Å². The van der Waals surface area contributed by atoms with Gasteiger partial charge in [-0.1, -0.05) is 19.1 Å². The minimum atomic E-state index is -0.281. The van der Waals surface area contributed by atoms with Crippen LogP contribution in [0.1, 0.15) is 12.5 Å². The molecule has 1 heterocycles. The fraction of sp³-hybridized carbons (Fsp3) is 0.500. The van der Waals surface area contributed by atoms with Crippen molar-refractivity contribution in [1.29, 1.82) is 0 Å². The van der Waals surface area contributed by atoms with Crippen LogP contribution in [0.2, 0.25) is 0 Å². The van der Waals surface area contributed by atoms with Crippen LogP contribution in [0.4, 0.5) is 10.5 Å². The van der Waals surface area contributed by atoms with Gasteiger partial charge in [-0.15, -0.1) is 0 Å². The summed E-state index contributed by atoms with van der Waals surface area (Å²) in [6.45, 7) is 4.75. The molecular formula is C16H24N4O2. The number of amides is 3. The van der Waals surface area contributed by atoms with Gasteiger partial charge >= 0.3 is 6.03 Å². The smallest absolute Gasteiger partial charge is 0.324 e. The second kappa shape index (κ2) is 7.26. The maximum Gasteiger partial charge on any atom is 0.324 e. The van der Waals surface area contributed by atoms with E-state index in [1.807, 2.05) is 25.9 Å². The Balaban J connectivity index is 1.94. The van der Waals surface area contributed by atoms with E-state index in [2.05, 4.69) is 34.5 Å². The van der Waals surface area contributed by atoms with Gasteiger partial charge in [-0.3, -0.25) is 14.6 Å². The fourth-order valence-electron chi connectivity index (χ4n) is 2.42. The maximum atomic E-state index is 12.2. The monoisotopic (exact) mass is 304 g/mol. The molecule has 0 radical (unpaired) electrons. The molecule has 2 rings (SSSR count). The van der Waals surface area contributed by atoms with Gasteiger partial charge in [0.2, 0.25) is 5.91 Å². The first kappa shape index (κ1) is 16.3. The van der Waals surface area contributed by atoms with Crippen molar-refractivity contribution in [3.63, 3.8) is 0 Å². The molecule has 0 atom stereocenters. The third-order valence-corrected chi connectivity index (χ3v) is 3.82. The summed E-state index contributed by atoms with van der Waals surface area (Å²) in [6, 6.07) is 8.00. The van der Waals surface area contributed by atoms with E-state index in [1.165, 1.54) is 4.90 Å². The number of anilines is 1. The SMILES string of the molecule is CCN(CC(=O)N1CCNC1=O)Cc1ccc(N(C)C)cc1. The zero-order valence-corrected chi connectivity index (χ0v) is 13.5. The van der Waals surface area contributed by atoms with Crippen molar-refractivity contribution in [2.45, 2.75) is 13.5 Å². The summed E-state index contributed by atoms with van der Waals surface area (Å²) in [6.07, 6.45) is 0. The van der Waals surface area contributed by atoms with Gasteiger partial charge in [0.25, 0.3) is 0 Å². The van der Waals surface area contributed by atoms with Crippen molar-refractivity contribution in [2.75, 3.05) is 45.2 Å². The van der Waals surface area contributed by atoms with Gasteiger partial charge in [-0.2, -0.15) is 0 Å². The number of likely N-dealkylation sites (N-methyl/N-ethyl adjacent to an activating group) is 1. The highest BCUT2D eigenvalue weighted by atomic mass is 16.2. The van der Waals surface area contributed by atoms with E-state index in [-0.39, 0.29) is 18.5 Å². The molecule has 6 heteroatoms. The van der Waals surface area contributed by atoms with Crippen LogP contribution >= 0.6 is 0 Å². The van der Waals surface area contributed by atoms with Gasteiger partial charge in [0.05, 0.1) is 6.54 Å². The number of imide groups is 1. The molecule has 0 spiro atoms. The van der Waals surface area contributed by atoms with Crippen LogP contribution in [0.15, 0.2) is 24.3 Å². The topological polar surface area (TPSA) is 55.9 Å². The predicted octanol–water partition coefficient (Wildman–Crippen LogP) is 1.13. The molecule has 120 valence electrons. The molecule has 1 fully saturated rings. The molecule has 1 saturated heterocycles. The average Bonchev–Trinajstić information content (AvgIpc) is 2.93. The highest BCUT2D eigenvalue weighted by Crippen LogP contribution is 2.14. The van der Waals surface area contributed by atoms with Crippen molar-refractivity contribution < 1.29 is 9.59 Å². The largest absolute Gasteiger partial charge is 0.378 e. The number of hydrogen-bond acceptors (Lipinski definition) is 4. The Labute approximate surface area is 131 Å². The van der Waals surface area contributed by atoms with Crippen molar-refractivity contribution >= 4 is 17.6 Å². The minimum Gasteiger partial charge on any atom is -0.378 e. The number of hydrogen-bond donors (Lipinski definition) is 1. The van der Waals surface area contributed by atoms with Crippen LogP contribution < -0.4 is 10.2 Å². The summed E-state index contributed by atoms with van der Waals surface area (Å²) in [5.74, 6) is -0.137. The molecule has 0 bridgehead atoms. The Hall–Kier alpha value is -2.08. The second-order valence-electron chi connectivity index (χ2n) is 5.64. The average molecular weight is 304 g/mol. The first-order chi connectivity index (χ1) is 10.5. The van der Waals surface area contributed by atoms with Crippen LogP contribution in [0, 0.1) is 0 Å². The minimum absolute atomic E-state index is 0.137. The molecule has 0 unspecified atom stereocenters. The number of urea groups is 1. The third kappa shape index (κ3) is 3.98. The van der Waals surface area contributed by atoms with Gasteiger partial charge in [0.1, 0.15) is 0 Å². The van der Waals surface area contributed by atoms with E-state index in [0.717, 1.165) is 17.8 Å². The fourth-order valence-corrected chi connectivity index (χ4v) is 2.42. The molecular weight excluding hydrogens is 280 g/mol. The number of nitrogens with one attached hydrogen (secondary N) is 1. The zero-order valence-electron chi connectivity index (χ0n) is 13.5. The number of carbonyl (C=O) groups is 2. The Morgan fingerprint density at radius 3 is 2.45 bits per heavy atom. The molecule has 6 nitrogen and oxygen atoms in total. The summed E-state index contributed by atoms with van der Waals surface area (Å²) < 4.78 is 0. The van der Waals surface area contributed by atoms with Crippen LogP contribution in [0.3, 0.4) is 0 Å². The molecule has 1 aromatic rings. The normalized spacial score (nSPS) is 14.4. The molecule has 1 aliphatic heterocycles. The lowest BCUT2D eigenvalue weighted by Crippen LogP contribution is -2.41. The van der Waals surface area contributed by atoms with Crippen molar-refractivity contribution in [3.05, 3.63) is 29.8 Å². The predicted molar refractivity (Wildman–Crippen MR) is 86.8 cm³/mol. The first-order valence-corrected chi connectivity index (χ1v) is 7.58. The van der Waals surface area contributed by atoms with Crippen LogP contribution in [0.25, 0.3) is 0 Å². The summed E-state index contributed by atoms with van der Waals surface area (Å²) in [4.78, 5) is 29.1. The zero-order chi connectivity index (χ0) is 16.1. The van der Waals surface area contributed by atoms with Gasteiger partial charge in [-0.25, -0.2) is 4.79 Å². The molecule has 0 saturated carbocycles. The Morgan fingerprint density at radius 2 is 1.95 bits per heavy atom. The van der Waals surface area contributed by atoms with Crippen molar-refractivity contribution in [2.24, 2.45) is 0 Å². The first-order valence-electron chi connectivity index (χ1n) is 7.58. The van der Waals surface area contributed by atoms with Crippen molar-refractivity contribution in [3.8, 4) is 0 Å². The summed E-state index contributed by atoms with van der Waals surface area (Å²) in [5, 5.41) is 2.65. The van der Waals surface area contributed by atoms with Gasteiger partial charge < -0.3 is 10.2 Å². The Morgan fingerprint density at radius 1 is 1.27 bits per heavy atom. The summed E-state index contributed by atoms with van der Waals surface area (Å²) in [7, 11) is 4.01. The van der Waals surface area contributed by atoms with Crippen LogP contribution in [-0.4, -0.2) is 62.0 Å². The molecule has 1 aromatic carbocycles. The number of carbonyl (C=O) groups excluding carboxylic acids is 2. The quantitative estimate of drug-likeness (QED) is 0.856. The standard InChI is InChI=1S/C16H24N4O2/c1-4-19(12-15(21)20-10-9-17-16(20)22)11-13-5-7-14(8-6-13)18(2)3/h5-8H,4,9-12H2,1-3H3,(H,17,22). The van der Waals surface area contributed by atoms with Crippen LogP contribution in [0.5, 0.6) is 0 Å². The number of nitrogens with zero attached hydrogens (tertiary/aromatic N) is 3. The molecule has 0 aliphatic carbocycles. The molecule has 1 N–H and O–H groups in total. The van der Waals surface area contributed by atoms with E-state index in [1.54, 1.807) is 0 Å². The summed E-state index contributed by atoms with van der Waals surface area (Å²) in [5.41, 5.74) is 2.31. The van der Waals surface area contributed by atoms with E-state index in [0.29, 0.717) is 19.6 Å². The van der Waals surface area contributed by atoms with E-state index >= 15 is 0 Å². The van der Waals surface area contributed by atoms with Gasteiger partial charge in [0, 0.05) is 39.4 Å². The van der Waals surface area contributed by atoms with Crippen LogP contribution in [-0.2, 0) is 11.3 Å². The molecule has 3 amide bonds. The molecule has 22 heavy (non-hydrogen) atoms. The lowest BCUT2D eigenvalue weighted by atomic mass is 10.2. The highest BCUT2D eigenvalue weighted by Gasteiger charge is 2.26. The van der Waals surface area contributed by atoms with E-state index < -0.39 is 0 Å². The van der Waals surface area contributed by atoms with E-state index in [9.17, 15) is 9.59 Å².